The van der Waals surface area contributed by atoms with Crippen LogP contribution in [0.1, 0.15) is 56.6 Å². The fourth-order valence-electron chi connectivity index (χ4n) is 5.83. The second kappa shape index (κ2) is 9.59. The smallest absolute Gasteiger partial charge is 0.248 e. The summed E-state index contributed by atoms with van der Waals surface area (Å²) >= 11 is 0. The monoisotopic (exact) mass is 400 g/mol. The van der Waals surface area contributed by atoms with Gasteiger partial charge in [0.25, 0.3) is 0 Å². The first kappa shape index (κ1) is 20.8. The van der Waals surface area contributed by atoms with E-state index in [1.165, 1.54) is 44.2 Å². The van der Waals surface area contributed by atoms with Crippen molar-refractivity contribution in [1.82, 2.24) is 9.80 Å². The van der Waals surface area contributed by atoms with E-state index >= 15 is 0 Å². The number of carbonyl (C=O) groups is 1. The first-order chi connectivity index (χ1) is 14.2. The molecule has 0 radical (unpaired) electrons. The third-order valence-corrected chi connectivity index (χ3v) is 7.32. The van der Waals surface area contributed by atoms with Crippen LogP contribution in [0, 0.1) is 5.41 Å². The minimum absolute atomic E-state index is 0.117. The Morgan fingerprint density at radius 1 is 1.07 bits per heavy atom. The van der Waals surface area contributed by atoms with Crippen molar-refractivity contribution in [2.75, 3.05) is 46.6 Å². The topological polar surface area (TPSA) is 42.0 Å². The molecule has 3 fully saturated rings. The minimum Gasteiger partial charge on any atom is -0.382 e. The molecule has 0 N–H and O–H groups in total. The molecule has 160 valence electrons. The average molecular weight is 401 g/mol. The van der Waals surface area contributed by atoms with E-state index in [1.54, 1.807) is 7.11 Å². The lowest BCUT2D eigenvalue weighted by molar-refractivity contribution is -0.146. The maximum atomic E-state index is 12.4. The third kappa shape index (κ3) is 4.52. The number of carbonyl (C=O) groups excluding carboxylic acids is 1. The predicted molar refractivity (Wildman–Crippen MR) is 114 cm³/mol. The zero-order chi connectivity index (χ0) is 20.1. The number of nitrogens with zero attached hydrogens (tertiary/aromatic N) is 2. The van der Waals surface area contributed by atoms with Crippen LogP contribution in [0.2, 0.25) is 0 Å². The summed E-state index contributed by atoms with van der Waals surface area (Å²) in [5.41, 5.74) is 1.98. The Morgan fingerprint density at radius 3 is 2.48 bits per heavy atom. The number of hydrogen-bond donors (Lipinski definition) is 0. The lowest BCUT2D eigenvalue weighted by atomic mass is 9.60. The molecule has 1 aromatic rings. The number of likely N-dealkylation sites (tertiary alicyclic amines) is 2. The quantitative estimate of drug-likeness (QED) is 0.655. The molecule has 3 aliphatic rings. The molecule has 5 nitrogen and oxygen atoms in total. The van der Waals surface area contributed by atoms with Gasteiger partial charge in [0.05, 0.1) is 13.2 Å². The Morgan fingerprint density at radius 2 is 1.79 bits per heavy atom. The number of rotatable bonds is 7. The highest BCUT2D eigenvalue weighted by Crippen LogP contribution is 2.58. The molecule has 4 rings (SSSR count). The zero-order valence-corrected chi connectivity index (χ0v) is 17.9. The molecule has 2 saturated heterocycles. The van der Waals surface area contributed by atoms with Crippen LogP contribution < -0.4 is 0 Å². The molecule has 1 atom stereocenters. The number of hydrogen-bond acceptors (Lipinski definition) is 4. The molecule has 2 heterocycles. The van der Waals surface area contributed by atoms with E-state index in [2.05, 4.69) is 35.2 Å². The SMILES string of the molecule is COCCOCC(=O)N1CCC(N2CC3(CCCCC3)[C@H]2c2ccccc2)CC1. The standard InChI is InChI=1S/C24H36N2O3/c1-28-16-17-29-18-22(27)25-14-10-21(11-15-25)26-19-24(12-6-3-7-13-24)23(26)20-8-4-2-5-9-20/h2,4-5,8-9,21,23H,3,6-7,10-19H2,1H3/t23-/m1/s1. The minimum atomic E-state index is 0.117. The molecular formula is C24H36N2O3. The highest BCUT2D eigenvalue weighted by molar-refractivity contribution is 5.77. The largest absolute Gasteiger partial charge is 0.382 e. The molecule has 5 heteroatoms. The van der Waals surface area contributed by atoms with Crippen molar-refractivity contribution in [3.8, 4) is 0 Å². The summed E-state index contributed by atoms with van der Waals surface area (Å²) in [6.07, 6.45) is 9.06. The van der Waals surface area contributed by atoms with Gasteiger partial charge in [0, 0.05) is 44.2 Å². The van der Waals surface area contributed by atoms with Crippen LogP contribution in [0.25, 0.3) is 0 Å². The Hall–Kier alpha value is -1.43. The van der Waals surface area contributed by atoms with E-state index in [4.69, 9.17) is 9.47 Å². The molecule has 1 amide bonds. The number of methoxy groups -OCH3 is 1. The summed E-state index contributed by atoms with van der Waals surface area (Å²) in [6.45, 7) is 4.13. The molecule has 1 saturated carbocycles. The van der Waals surface area contributed by atoms with E-state index in [-0.39, 0.29) is 12.5 Å². The van der Waals surface area contributed by atoms with Crippen LogP contribution in [0.15, 0.2) is 30.3 Å². The van der Waals surface area contributed by atoms with Gasteiger partial charge in [-0.25, -0.2) is 0 Å². The molecular weight excluding hydrogens is 364 g/mol. The van der Waals surface area contributed by atoms with Crippen molar-refractivity contribution in [3.05, 3.63) is 35.9 Å². The second-order valence-electron chi connectivity index (χ2n) is 9.07. The highest BCUT2D eigenvalue weighted by atomic mass is 16.5. The third-order valence-electron chi connectivity index (χ3n) is 7.32. The van der Waals surface area contributed by atoms with Crippen molar-refractivity contribution in [2.24, 2.45) is 5.41 Å². The fraction of sp³-hybridized carbons (Fsp3) is 0.708. The Balaban J connectivity index is 1.35. The van der Waals surface area contributed by atoms with Gasteiger partial charge in [-0.1, -0.05) is 49.6 Å². The van der Waals surface area contributed by atoms with Gasteiger partial charge in [-0.2, -0.15) is 0 Å². The Kier molecular flexibility index (Phi) is 6.88. The summed E-state index contributed by atoms with van der Waals surface area (Å²) in [5, 5.41) is 0. The summed E-state index contributed by atoms with van der Waals surface area (Å²) in [4.78, 5) is 17.1. The number of piperidine rings is 1. The van der Waals surface area contributed by atoms with Gasteiger partial charge in [0.1, 0.15) is 6.61 Å². The van der Waals surface area contributed by atoms with Gasteiger partial charge in [0.15, 0.2) is 0 Å². The zero-order valence-electron chi connectivity index (χ0n) is 17.9. The van der Waals surface area contributed by atoms with Gasteiger partial charge < -0.3 is 14.4 Å². The van der Waals surface area contributed by atoms with Crippen LogP contribution in [0.5, 0.6) is 0 Å². The average Bonchev–Trinajstić information content (AvgIpc) is 2.76. The van der Waals surface area contributed by atoms with Gasteiger partial charge in [-0.05, 0) is 31.2 Å². The first-order valence-corrected chi connectivity index (χ1v) is 11.4. The molecule has 0 unspecified atom stereocenters. The number of benzene rings is 1. The summed E-state index contributed by atoms with van der Waals surface area (Å²) in [7, 11) is 1.64. The van der Waals surface area contributed by atoms with Gasteiger partial charge >= 0.3 is 0 Å². The van der Waals surface area contributed by atoms with Crippen molar-refractivity contribution in [1.29, 1.82) is 0 Å². The van der Waals surface area contributed by atoms with Crippen molar-refractivity contribution < 1.29 is 14.3 Å². The number of amides is 1. The fourth-order valence-corrected chi connectivity index (χ4v) is 5.83. The lowest BCUT2D eigenvalue weighted by Gasteiger charge is -2.63. The summed E-state index contributed by atoms with van der Waals surface area (Å²) in [5.74, 6) is 0.117. The van der Waals surface area contributed by atoms with Crippen LogP contribution in [-0.4, -0.2) is 68.3 Å². The molecule has 2 aliphatic heterocycles. The molecule has 1 aromatic carbocycles. The van der Waals surface area contributed by atoms with E-state index in [1.807, 2.05) is 4.90 Å². The maximum absolute atomic E-state index is 12.4. The Labute approximate surface area is 175 Å². The lowest BCUT2D eigenvalue weighted by Crippen LogP contribution is -2.64. The number of ether oxygens (including phenoxy) is 2. The second-order valence-corrected chi connectivity index (χ2v) is 9.07. The van der Waals surface area contributed by atoms with Crippen LogP contribution >= 0.6 is 0 Å². The summed E-state index contributed by atoms with van der Waals surface area (Å²) in [6, 6.07) is 12.3. The van der Waals surface area contributed by atoms with Crippen LogP contribution in [0.3, 0.4) is 0 Å². The van der Waals surface area contributed by atoms with Gasteiger partial charge in [0.2, 0.25) is 5.91 Å². The molecule has 29 heavy (non-hydrogen) atoms. The Bertz CT molecular complexity index is 651. The van der Waals surface area contributed by atoms with E-state index in [0.717, 1.165) is 25.9 Å². The van der Waals surface area contributed by atoms with Gasteiger partial charge in [-0.15, -0.1) is 0 Å². The highest BCUT2D eigenvalue weighted by Gasteiger charge is 2.54. The van der Waals surface area contributed by atoms with Gasteiger partial charge in [-0.3, -0.25) is 9.69 Å². The molecule has 0 bridgehead atoms. The molecule has 1 spiro atoms. The van der Waals surface area contributed by atoms with Crippen LogP contribution in [-0.2, 0) is 14.3 Å². The van der Waals surface area contributed by atoms with E-state index < -0.39 is 0 Å². The summed E-state index contributed by atoms with van der Waals surface area (Å²) < 4.78 is 10.4. The van der Waals surface area contributed by atoms with E-state index in [9.17, 15) is 4.79 Å². The van der Waals surface area contributed by atoms with Crippen molar-refractivity contribution >= 4 is 5.91 Å². The normalized spacial score (nSPS) is 25.1. The van der Waals surface area contributed by atoms with Crippen LogP contribution in [0.4, 0.5) is 0 Å². The van der Waals surface area contributed by atoms with Crippen molar-refractivity contribution in [2.45, 2.75) is 57.0 Å². The first-order valence-electron chi connectivity index (χ1n) is 11.4. The molecule has 1 aliphatic carbocycles. The predicted octanol–water partition coefficient (Wildman–Crippen LogP) is 3.65. The maximum Gasteiger partial charge on any atom is 0.248 e. The van der Waals surface area contributed by atoms with E-state index in [0.29, 0.717) is 30.7 Å². The molecule has 0 aromatic heterocycles. The van der Waals surface area contributed by atoms with Crippen molar-refractivity contribution in [3.63, 3.8) is 0 Å².